The number of halogens is 1. The van der Waals surface area contributed by atoms with Crippen molar-refractivity contribution in [3.05, 3.63) is 16.5 Å². The van der Waals surface area contributed by atoms with Crippen LogP contribution in [0.15, 0.2) is 0 Å². The van der Waals surface area contributed by atoms with Crippen molar-refractivity contribution < 1.29 is 4.74 Å². The average Bonchev–Trinajstić information content (AvgIpc) is 2.20. The van der Waals surface area contributed by atoms with Gasteiger partial charge in [-0.3, -0.25) is 0 Å². The molecule has 1 N–H and O–H groups in total. The lowest BCUT2D eigenvalue weighted by Crippen LogP contribution is -2.08. The van der Waals surface area contributed by atoms with Gasteiger partial charge in [0.25, 0.3) is 0 Å². The van der Waals surface area contributed by atoms with Gasteiger partial charge in [-0.25, -0.2) is 9.97 Å². The van der Waals surface area contributed by atoms with Crippen molar-refractivity contribution in [3.63, 3.8) is 0 Å². The predicted octanol–water partition coefficient (Wildman–Crippen LogP) is 2.20. The Hall–Kier alpha value is -0.870. The molecule has 1 rings (SSSR count). The van der Waals surface area contributed by atoms with E-state index in [1.54, 1.807) is 7.11 Å². The van der Waals surface area contributed by atoms with Gasteiger partial charge in [-0.05, 0) is 20.3 Å². The van der Waals surface area contributed by atoms with E-state index >= 15 is 0 Å². The Balaban J connectivity index is 2.57. The Morgan fingerprint density at radius 3 is 2.60 bits per heavy atom. The molecule has 0 aliphatic heterocycles. The van der Waals surface area contributed by atoms with E-state index < -0.39 is 0 Å². The number of ether oxygens (including phenoxy) is 1. The third-order valence-electron chi connectivity index (χ3n) is 2.08. The molecule has 0 aliphatic carbocycles. The first-order chi connectivity index (χ1) is 7.15. The fourth-order valence-electron chi connectivity index (χ4n) is 1.11. The van der Waals surface area contributed by atoms with Crippen LogP contribution in [0.2, 0.25) is 5.15 Å². The van der Waals surface area contributed by atoms with Gasteiger partial charge < -0.3 is 10.1 Å². The second kappa shape index (κ2) is 5.88. The number of hydrogen-bond donors (Lipinski definition) is 1. The summed E-state index contributed by atoms with van der Waals surface area (Å²) in [5.74, 6) is 0.649. The summed E-state index contributed by atoms with van der Waals surface area (Å²) in [4.78, 5) is 8.50. The molecule has 0 fully saturated rings. The van der Waals surface area contributed by atoms with Crippen molar-refractivity contribution in [1.82, 2.24) is 9.97 Å². The van der Waals surface area contributed by atoms with Gasteiger partial charge >= 0.3 is 0 Å². The lowest BCUT2D eigenvalue weighted by atomic mass is 10.3. The van der Waals surface area contributed by atoms with E-state index in [2.05, 4.69) is 15.3 Å². The molecular formula is C10H16ClN3O. The Bertz CT molecular complexity index is 331. The van der Waals surface area contributed by atoms with E-state index in [-0.39, 0.29) is 0 Å². The number of nitrogens with zero attached hydrogens (tertiary/aromatic N) is 2. The molecular weight excluding hydrogens is 214 g/mol. The fraction of sp³-hybridized carbons (Fsp3) is 0.600. The van der Waals surface area contributed by atoms with Crippen molar-refractivity contribution in [3.8, 4) is 0 Å². The monoisotopic (exact) mass is 229 g/mol. The van der Waals surface area contributed by atoms with Gasteiger partial charge in [0.1, 0.15) is 0 Å². The van der Waals surface area contributed by atoms with Crippen LogP contribution in [0.1, 0.15) is 17.8 Å². The number of anilines is 1. The Labute approximate surface area is 95.0 Å². The van der Waals surface area contributed by atoms with E-state index in [4.69, 9.17) is 16.3 Å². The first-order valence-corrected chi connectivity index (χ1v) is 5.26. The molecule has 84 valence electrons. The molecule has 0 spiro atoms. The summed E-state index contributed by atoms with van der Waals surface area (Å²) in [6.07, 6.45) is 0.918. The van der Waals surface area contributed by atoms with Gasteiger partial charge in [-0.15, -0.1) is 0 Å². The maximum absolute atomic E-state index is 5.95. The van der Waals surface area contributed by atoms with E-state index in [1.165, 1.54) is 0 Å². The highest BCUT2D eigenvalue weighted by molar-refractivity contribution is 6.31. The average molecular weight is 230 g/mol. The molecule has 0 saturated carbocycles. The summed E-state index contributed by atoms with van der Waals surface area (Å²) in [6.45, 7) is 5.32. The summed E-state index contributed by atoms with van der Waals surface area (Å²) in [5.41, 5.74) is 1.76. The van der Waals surface area contributed by atoms with Gasteiger partial charge in [0.2, 0.25) is 0 Å². The van der Waals surface area contributed by atoms with E-state index in [0.717, 1.165) is 31.0 Å². The summed E-state index contributed by atoms with van der Waals surface area (Å²) in [5, 5.41) is 3.56. The molecule has 0 unspecified atom stereocenters. The molecule has 0 aliphatic rings. The van der Waals surface area contributed by atoms with Gasteiger partial charge in [0, 0.05) is 20.3 Å². The molecule has 5 heteroatoms. The number of hydrogen-bond acceptors (Lipinski definition) is 4. The summed E-state index contributed by atoms with van der Waals surface area (Å²) < 4.78 is 4.94. The van der Waals surface area contributed by atoms with E-state index in [1.807, 2.05) is 13.8 Å². The highest BCUT2D eigenvalue weighted by Gasteiger charge is 2.05. The van der Waals surface area contributed by atoms with Crippen LogP contribution in [-0.4, -0.2) is 30.2 Å². The first-order valence-electron chi connectivity index (χ1n) is 4.88. The van der Waals surface area contributed by atoms with Crippen molar-refractivity contribution in [2.75, 3.05) is 25.6 Å². The van der Waals surface area contributed by atoms with E-state index in [0.29, 0.717) is 11.0 Å². The Morgan fingerprint density at radius 2 is 1.93 bits per heavy atom. The van der Waals surface area contributed by atoms with Crippen LogP contribution in [0.4, 0.5) is 5.82 Å². The summed E-state index contributed by atoms with van der Waals surface area (Å²) in [7, 11) is 1.68. The maximum Gasteiger partial charge on any atom is 0.171 e. The molecule has 1 aromatic heterocycles. The number of nitrogens with one attached hydrogen (secondary N) is 1. The predicted molar refractivity (Wildman–Crippen MR) is 61.5 cm³/mol. The molecule has 0 aromatic carbocycles. The van der Waals surface area contributed by atoms with Crippen LogP contribution in [0.5, 0.6) is 0 Å². The van der Waals surface area contributed by atoms with E-state index in [9.17, 15) is 0 Å². The zero-order valence-corrected chi connectivity index (χ0v) is 10.1. The topological polar surface area (TPSA) is 47.0 Å². The van der Waals surface area contributed by atoms with Gasteiger partial charge in [-0.1, -0.05) is 11.6 Å². The summed E-state index contributed by atoms with van der Waals surface area (Å²) >= 11 is 5.95. The molecule has 0 bridgehead atoms. The normalized spacial score (nSPS) is 10.4. The fourth-order valence-corrected chi connectivity index (χ4v) is 1.35. The lowest BCUT2D eigenvalue weighted by molar-refractivity contribution is 0.197. The molecule has 1 aromatic rings. The summed E-state index contributed by atoms with van der Waals surface area (Å²) in [6, 6.07) is 0. The highest BCUT2D eigenvalue weighted by atomic mass is 35.5. The van der Waals surface area contributed by atoms with Crippen LogP contribution in [0, 0.1) is 13.8 Å². The zero-order chi connectivity index (χ0) is 11.3. The number of aryl methyl sites for hydroxylation is 2. The number of aromatic nitrogens is 2. The van der Waals surface area contributed by atoms with Crippen molar-refractivity contribution in [1.29, 1.82) is 0 Å². The Morgan fingerprint density at radius 1 is 1.27 bits per heavy atom. The van der Waals surface area contributed by atoms with Crippen molar-refractivity contribution in [2.45, 2.75) is 20.3 Å². The molecule has 0 radical (unpaired) electrons. The van der Waals surface area contributed by atoms with Crippen LogP contribution < -0.4 is 5.32 Å². The van der Waals surface area contributed by atoms with Gasteiger partial charge in [0.05, 0.1) is 11.4 Å². The molecule has 15 heavy (non-hydrogen) atoms. The minimum atomic E-state index is 0.426. The number of methoxy groups -OCH3 is 1. The third kappa shape index (κ3) is 3.64. The van der Waals surface area contributed by atoms with Gasteiger partial charge in [-0.2, -0.15) is 0 Å². The van der Waals surface area contributed by atoms with Crippen molar-refractivity contribution >= 4 is 17.4 Å². The minimum absolute atomic E-state index is 0.426. The van der Waals surface area contributed by atoms with Crippen LogP contribution in [-0.2, 0) is 4.74 Å². The number of rotatable bonds is 5. The molecule has 4 nitrogen and oxygen atoms in total. The van der Waals surface area contributed by atoms with Crippen LogP contribution in [0.25, 0.3) is 0 Å². The van der Waals surface area contributed by atoms with Crippen LogP contribution in [0.3, 0.4) is 0 Å². The standard InChI is InChI=1S/C10H16ClN3O/c1-7-8(2)14-10(9(11)13-7)12-5-4-6-15-3/h4-6H2,1-3H3,(H,12,14). The largest absolute Gasteiger partial charge is 0.385 e. The first kappa shape index (κ1) is 12.2. The molecule has 1 heterocycles. The Kier molecular flexibility index (Phi) is 4.78. The third-order valence-corrected chi connectivity index (χ3v) is 2.35. The van der Waals surface area contributed by atoms with Gasteiger partial charge in [0.15, 0.2) is 11.0 Å². The van der Waals surface area contributed by atoms with Crippen molar-refractivity contribution in [2.24, 2.45) is 0 Å². The maximum atomic E-state index is 5.95. The molecule has 0 atom stereocenters. The molecule has 0 amide bonds. The quantitative estimate of drug-likeness (QED) is 0.787. The minimum Gasteiger partial charge on any atom is -0.385 e. The smallest absolute Gasteiger partial charge is 0.171 e. The highest BCUT2D eigenvalue weighted by Crippen LogP contribution is 2.17. The SMILES string of the molecule is COCCCNc1nc(C)c(C)nc1Cl. The zero-order valence-electron chi connectivity index (χ0n) is 9.30. The second-order valence-electron chi connectivity index (χ2n) is 3.31. The molecule has 0 saturated heterocycles. The van der Waals surface area contributed by atoms with Crippen LogP contribution >= 0.6 is 11.6 Å². The second-order valence-corrected chi connectivity index (χ2v) is 3.66. The lowest BCUT2D eigenvalue weighted by Gasteiger charge is -2.08.